The molecule has 8 nitrogen and oxygen atoms in total. The number of nitrogens with one attached hydrogen (secondary N) is 1. The number of carbonyl (C=O) groups excluding carboxylic acids is 1. The molecule has 0 fully saturated rings. The minimum Gasteiger partial charge on any atom is -0.493 e. The topological polar surface area (TPSA) is 94.2 Å². The molecule has 3 aromatic rings. The number of para-hydroxylation sites is 1. The van der Waals surface area contributed by atoms with Crippen molar-refractivity contribution in [2.24, 2.45) is 0 Å². The van der Waals surface area contributed by atoms with E-state index in [2.05, 4.69) is 5.32 Å². The van der Waals surface area contributed by atoms with Crippen LogP contribution >= 0.6 is 0 Å². The third-order valence-corrected chi connectivity index (χ3v) is 7.96. The minimum absolute atomic E-state index is 0.179. The maximum Gasteiger partial charge on any atom is 0.264 e. The summed E-state index contributed by atoms with van der Waals surface area (Å²) in [6.07, 6.45) is 1.63. The van der Waals surface area contributed by atoms with Crippen LogP contribution in [-0.2, 0) is 21.2 Å². The van der Waals surface area contributed by atoms with Crippen LogP contribution in [0.5, 0.6) is 17.2 Å². The zero-order valence-electron chi connectivity index (χ0n) is 20.6. The maximum atomic E-state index is 13.3. The summed E-state index contributed by atoms with van der Waals surface area (Å²) in [5, 5.41) is 2.88. The second-order valence-electron chi connectivity index (χ2n) is 8.47. The van der Waals surface area contributed by atoms with Gasteiger partial charge in [-0.2, -0.15) is 0 Å². The van der Waals surface area contributed by atoms with Crippen molar-refractivity contribution in [1.29, 1.82) is 0 Å². The monoisotopic (exact) mass is 510 g/mol. The molecular weight excluding hydrogens is 480 g/mol. The number of sulfonamides is 1. The number of aryl methyl sites for hydroxylation is 1. The third kappa shape index (κ3) is 5.41. The number of fused-ring (bicyclic) bond motifs is 1. The van der Waals surface area contributed by atoms with Gasteiger partial charge >= 0.3 is 0 Å². The Hall–Kier alpha value is -3.72. The SMILES string of the molecule is COc1ccc(C(C)NC(=O)COc2ccc(S(=O)(=O)N3CCCc4ccccc43)cc2)cc1OC. The molecule has 190 valence electrons. The molecule has 1 heterocycles. The second-order valence-corrected chi connectivity index (χ2v) is 10.3. The van der Waals surface area contributed by atoms with Crippen molar-refractivity contribution in [2.75, 3.05) is 31.7 Å². The predicted molar refractivity (Wildman–Crippen MR) is 137 cm³/mol. The van der Waals surface area contributed by atoms with Crippen molar-refractivity contribution in [1.82, 2.24) is 5.32 Å². The summed E-state index contributed by atoms with van der Waals surface area (Å²) in [7, 11) is -0.581. The molecular formula is C27H30N2O6S. The average molecular weight is 511 g/mol. The van der Waals surface area contributed by atoms with Gasteiger partial charge in [0.15, 0.2) is 18.1 Å². The standard InChI is InChI=1S/C27H30N2O6S/c1-19(21-10-15-25(33-2)26(17-21)34-3)28-27(30)18-35-22-11-13-23(14-12-22)36(31,32)29-16-6-8-20-7-4-5-9-24(20)29/h4-5,7,9-15,17,19H,6,8,16,18H2,1-3H3,(H,28,30). The molecule has 0 saturated carbocycles. The Kier molecular flexibility index (Phi) is 7.69. The smallest absolute Gasteiger partial charge is 0.264 e. The zero-order valence-corrected chi connectivity index (χ0v) is 21.4. The Bertz CT molecular complexity index is 1320. The van der Waals surface area contributed by atoms with Crippen molar-refractivity contribution in [3.8, 4) is 17.2 Å². The van der Waals surface area contributed by atoms with Gasteiger partial charge in [-0.15, -0.1) is 0 Å². The highest BCUT2D eigenvalue weighted by molar-refractivity contribution is 7.92. The molecule has 1 N–H and O–H groups in total. The Morgan fingerprint density at radius 3 is 2.44 bits per heavy atom. The number of nitrogens with zero attached hydrogens (tertiary/aromatic N) is 1. The summed E-state index contributed by atoms with van der Waals surface area (Å²) >= 11 is 0. The first-order chi connectivity index (χ1) is 17.3. The fraction of sp³-hybridized carbons (Fsp3) is 0.296. The third-order valence-electron chi connectivity index (χ3n) is 6.13. The van der Waals surface area contributed by atoms with Crippen LogP contribution < -0.4 is 23.8 Å². The van der Waals surface area contributed by atoms with Gasteiger partial charge in [0, 0.05) is 6.54 Å². The Morgan fingerprint density at radius 2 is 1.72 bits per heavy atom. The molecule has 36 heavy (non-hydrogen) atoms. The van der Waals surface area contributed by atoms with Gasteiger partial charge < -0.3 is 19.5 Å². The summed E-state index contributed by atoms with van der Waals surface area (Å²) in [4.78, 5) is 12.6. The second kappa shape index (κ2) is 10.9. The van der Waals surface area contributed by atoms with E-state index < -0.39 is 10.0 Å². The molecule has 4 rings (SSSR count). The first-order valence-electron chi connectivity index (χ1n) is 11.7. The van der Waals surface area contributed by atoms with Crippen LogP contribution in [0, 0.1) is 0 Å². The van der Waals surface area contributed by atoms with Crippen molar-refractivity contribution in [3.63, 3.8) is 0 Å². The number of rotatable bonds is 9. The van der Waals surface area contributed by atoms with Crippen LogP contribution in [0.25, 0.3) is 0 Å². The van der Waals surface area contributed by atoms with E-state index >= 15 is 0 Å². The van der Waals surface area contributed by atoms with Crippen molar-refractivity contribution >= 4 is 21.6 Å². The Balaban J connectivity index is 1.36. The Morgan fingerprint density at radius 1 is 1.00 bits per heavy atom. The number of methoxy groups -OCH3 is 2. The number of ether oxygens (including phenoxy) is 3. The highest BCUT2D eigenvalue weighted by Crippen LogP contribution is 2.32. The van der Waals surface area contributed by atoms with E-state index in [1.165, 1.54) is 16.4 Å². The molecule has 1 aliphatic heterocycles. The van der Waals surface area contributed by atoms with Gasteiger partial charge in [0.2, 0.25) is 0 Å². The normalized spacial score (nSPS) is 13.9. The van der Waals surface area contributed by atoms with Crippen molar-refractivity contribution < 1.29 is 27.4 Å². The van der Waals surface area contributed by atoms with Gasteiger partial charge in [-0.05, 0) is 73.4 Å². The lowest BCUT2D eigenvalue weighted by molar-refractivity contribution is -0.123. The van der Waals surface area contributed by atoms with Gasteiger partial charge in [0.25, 0.3) is 15.9 Å². The number of anilines is 1. The van der Waals surface area contributed by atoms with Crippen LogP contribution in [0.15, 0.2) is 71.6 Å². The first kappa shape index (κ1) is 25.4. The average Bonchev–Trinajstić information content (AvgIpc) is 2.91. The largest absolute Gasteiger partial charge is 0.493 e. The summed E-state index contributed by atoms with van der Waals surface area (Å²) in [5.41, 5.74) is 2.61. The highest BCUT2D eigenvalue weighted by atomic mass is 32.2. The van der Waals surface area contributed by atoms with E-state index in [1.807, 2.05) is 43.3 Å². The lowest BCUT2D eigenvalue weighted by Crippen LogP contribution is -2.35. The van der Waals surface area contributed by atoms with Crippen LogP contribution in [-0.4, -0.2) is 41.7 Å². The maximum absolute atomic E-state index is 13.3. The molecule has 0 spiro atoms. The minimum atomic E-state index is -3.70. The van der Waals surface area contributed by atoms with Gasteiger partial charge in [-0.25, -0.2) is 8.42 Å². The molecule has 0 bridgehead atoms. The molecule has 0 radical (unpaired) electrons. The molecule has 1 atom stereocenters. The molecule has 1 unspecified atom stereocenters. The van der Waals surface area contributed by atoms with Crippen LogP contribution in [0.4, 0.5) is 5.69 Å². The predicted octanol–water partition coefficient (Wildman–Crippen LogP) is 4.10. The number of hydrogen-bond donors (Lipinski definition) is 1. The van der Waals surface area contributed by atoms with Gasteiger partial charge in [0.1, 0.15) is 5.75 Å². The molecule has 0 aromatic heterocycles. The van der Waals surface area contributed by atoms with E-state index in [-0.39, 0.29) is 23.5 Å². The summed E-state index contributed by atoms with van der Waals surface area (Å²) in [6.45, 7) is 2.09. The molecule has 0 aliphatic carbocycles. The van der Waals surface area contributed by atoms with Gasteiger partial charge in [-0.3, -0.25) is 9.10 Å². The van der Waals surface area contributed by atoms with Crippen LogP contribution in [0.1, 0.15) is 30.5 Å². The fourth-order valence-corrected chi connectivity index (χ4v) is 5.76. The lowest BCUT2D eigenvalue weighted by Gasteiger charge is -2.30. The summed E-state index contributed by atoms with van der Waals surface area (Å²) in [6, 6.07) is 18.9. The number of hydrogen-bond acceptors (Lipinski definition) is 6. The van der Waals surface area contributed by atoms with Gasteiger partial charge in [0.05, 0.1) is 30.8 Å². The molecule has 1 amide bonds. The van der Waals surface area contributed by atoms with E-state index in [1.54, 1.807) is 32.4 Å². The van der Waals surface area contributed by atoms with E-state index in [9.17, 15) is 13.2 Å². The van der Waals surface area contributed by atoms with E-state index in [0.717, 1.165) is 29.7 Å². The fourth-order valence-electron chi connectivity index (χ4n) is 4.22. The van der Waals surface area contributed by atoms with E-state index in [4.69, 9.17) is 14.2 Å². The number of amides is 1. The van der Waals surface area contributed by atoms with Crippen LogP contribution in [0.2, 0.25) is 0 Å². The van der Waals surface area contributed by atoms with Crippen LogP contribution in [0.3, 0.4) is 0 Å². The quantitative estimate of drug-likeness (QED) is 0.466. The number of carbonyl (C=O) groups is 1. The Labute approximate surface area is 211 Å². The van der Waals surface area contributed by atoms with Gasteiger partial charge in [-0.1, -0.05) is 24.3 Å². The molecule has 3 aromatic carbocycles. The number of benzene rings is 3. The highest BCUT2D eigenvalue weighted by Gasteiger charge is 2.28. The summed E-state index contributed by atoms with van der Waals surface area (Å²) < 4.78 is 44.2. The van der Waals surface area contributed by atoms with Crippen molar-refractivity contribution in [2.45, 2.75) is 30.7 Å². The zero-order chi connectivity index (χ0) is 25.7. The summed E-state index contributed by atoms with van der Waals surface area (Å²) in [5.74, 6) is 1.29. The first-order valence-corrected chi connectivity index (χ1v) is 13.1. The molecule has 0 saturated heterocycles. The van der Waals surface area contributed by atoms with E-state index in [0.29, 0.717) is 23.8 Å². The molecule has 9 heteroatoms. The lowest BCUT2D eigenvalue weighted by atomic mass is 10.0. The van der Waals surface area contributed by atoms with Crippen molar-refractivity contribution in [3.05, 3.63) is 77.9 Å². The molecule has 1 aliphatic rings.